The molecule has 124 valence electrons. The highest BCUT2D eigenvalue weighted by molar-refractivity contribution is 6.08. The summed E-state index contributed by atoms with van der Waals surface area (Å²) in [5.74, 6) is -2.36. The lowest BCUT2D eigenvalue weighted by atomic mass is 9.96. The van der Waals surface area contributed by atoms with Crippen LogP contribution in [0.2, 0.25) is 0 Å². The first-order valence-electron chi connectivity index (χ1n) is 7.30. The van der Waals surface area contributed by atoms with E-state index in [2.05, 4.69) is 5.32 Å². The highest BCUT2D eigenvalue weighted by atomic mass is 19.1. The number of amides is 1. The topological polar surface area (TPSA) is 89.9 Å². The first-order chi connectivity index (χ1) is 11.0. The van der Waals surface area contributed by atoms with Crippen LogP contribution in [0.5, 0.6) is 0 Å². The average molecular weight is 322 g/mol. The Kier molecular flexibility index (Phi) is 5.46. The third-order valence-corrected chi connectivity index (χ3v) is 3.70. The number of hydrogen-bond acceptors (Lipinski definition) is 5. The second-order valence-electron chi connectivity index (χ2n) is 5.21. The van der Waals surface area contributed by atoms with E-state index in [1.165, 1.54) is 30.0 Å². The summed E-state index contributed by atoms with van der Waals surface area (Å²) in [6.07, 6.45) is 0. The molecule has 0 spiro atoms. The van der Waals surface area contributed by atoms with E-state index in [4.69, 9.17) is 5.11 Å². The monoisotopic (exact) mass is 322 g/mol. The first-order valence-corrected chi connectivity index (χ1v) is 7.30. The fraction of sp³-hybridized carbons (Fsp3) is 0.375. The number of Topliss-reactive ketones (excluding diaryl/α,β-unsaturated/α-hetero) is 1. The first kappa shape index (κ1) is 17.1. The van der Waals surface area contributed by atoms with Gasteiger partial charge in [-0.1, -0.05) is 18.2 Å². The molecule has 0 saturated heterocycles. The minimum absolute atomic E-state index is 0.0487. The normalized spacial score (nSPS) is 18.0. The van der Waals surface area contributed by atoms with Crippen LogP contribution < -0.4 is 5.32 Å². The van der Waals surface area contributed by atoms with E-state index in [1.807, 2.05) is 0 Å². The zero-order chi connectivity index (χ0) is 17.0. The number of carbonyl (C=O) groups excluding carboxylic acids is 2. The van der Waals surface area contributed by atoms with Gasteiger partial charge in [-0.25, -0.2) is 4.39 Å². The molecular formula is C16H19FN2O4. The maximum absolute atomic E-state index is 14.1. The molecule has 23 heavy (non-hydrogen) atoms. The average Bonchev–Trinajstić information content (AvgIpc) is 2.76. The Labute approximate surface area is 133 Å². The number of nitrogens with one attached hydrogen (secondary N) is 1. The second kappa shape index (κ2) is 7.34. The van der Waals surface area contributed by atoms with Crippen LogP contribution in [-0.4, -0.2) is 53.0 Å². The quantitative estimate of drug-likeness (QED) is 0.643. The van der Waals surface area contributed by atoms with Crippen molar-refractivity contribution in [3.05, 3.63) is 47.0 Å². The van der Waals surface area contributed by atoms with E-state index >= 15 is 0 Å². The number of ketones is 1. The third-order valence-electron chi connectivity index (χ3n) is 3.70. The summed E-state index contributed by atoms with van der Waals surface area (Å²) >= 11 is 0. The second-order valence-corrected chi connectivity index (χ2v) is 5.21. The lowest BCUT2D eigenvalue weighted by Crippen LogP contribution is -2.37. The summed E-state index contributed by atoms with van der Waals surface area (Å²) in [6, 6.07) is 4.91. The van der Waals surface area contributed by atoms with Gasteiger partial charge < -0.3 is 20.4 Å². The van der Waals surface area contributed by atoms with Crippen LogP contribution >= 0.6 is 0 Å². The van der Waals surface area contributed by atoms with E-state index in [-0.39, 0.29) is 24.3 Å². The number of rotatable bonds is 7. The molecule has 1 aromatic rings. The number of halogens is 1. The van der Waals surface area contributed by atoms with Gasteiger partial charge in [-0.15, -0.1) is 0 Å². The summed E-state index contributed by atoms with van der Waals surface area (Å²) in [5, 5.41) is 21.7. The van der Waals surface area contributed by atoms with Gasteiger partial charge in [0.25, 0.3) is 5.91 Å². The molecule has 2 rings (SSSR count). The molecule has 1 unspecified atom stereocenters. The van der Waals surface area contributed by atoms with Crippen molar-refractivity contribution in [1.29, 1.82) is 0 Å². The van der Waals surface area contributed by atoms with Gasteiger partial charge >= 0.3 is 0 Å². The standard InChI is InChI=1S/C16H19FN2O4/c1-10(21)13-14(11-4-2-3-5-12(11)17)19(16(23)15(13)22)8-6-18-7-9-20/h2-5,14,18,20,22H,6-9H2,1H3. The fourth-order valence-electron chi connectivity index (χ4n) is 2.67. The molecule has 0 saturated carbocycles. The van der Waals surface area contributed by atoms with Gasteiger partial charge in [-0.3, -0.25) is 9.59 Å². The number of aliphatic hydroxyl groups is 2. The van der Waals surface area contributed by atoms with Gasteiger partial charge in [-0.2, -0.15) is 0 Å². The van der Waals surface area contributed by atoms with Gasteiger partial charge in [0, 0.05) is 25.2 Å². The lowest BCUT2D eigenvalue weighted by Gasteiger charge is -2.27. The van der Waals surface area contributed by atoms with Crippen LogP contribution in [0.3, 0.4) is 0 Å². The van der Waals surface area contributed by atoms with Crippen molar-refractivity contribution in [1.82, 2.24) is 10.2 Å². The van der Waals surface area contributed by atoms with Crippen molar-refractivity contribution < 1.29 is 24.2 Å². The largest absolute Gasteiger partial charge is 0.503 e. The highest BCUT2D eigenvalue weighted by Crippen LogP contribution is 2.38. The van der Waals surface area contributed by atoms with Crippen molar-refractivity contribution in [3.8, 4) is 0 Å². The number of nitrogens with zero attached hydrogens (tertiary/aromatic N) is 1. The van der Waals surface area contributed by atoms with Crippen molar-refractivity contribution >= 4 is 11.7 Å². The van der Waals surface area contributed by atoms with E-state index in [0.717, 1.165) is 0 Å². The summed E-state index contributed by atoms with van der Waals surface area (Å²) in [7, 11) is 0. The molecule has 6 nitrogen and oxygen atoms in total. The molecule has 1 aromatic carbocycles. The van der Waals surface area contributed by atoms with Crippen molar-refractivity contribution in [2.45, 2.75) is 13.0 Å². The summed E-state index contributed by atoms with van der Waals surface area (Å²) in [4.78, 5) is 25.4. The number of aliphatic hydroxyl groups excluding tert-OH is 2. The van der Waals surface area contributed by atoms with Crippen molar-refractivity contribution in [2.75, 3.05) is 26.2 Å². The molecular weight excluding hydrogens is 303 g/mol. The maximum atomic E-state index is 14.1. The predicted molar refractivity (Wildman–Crippen MR) is 81.1 cm³/mol. The number of carbonyl (C=O) groups is 2. The minimum atomic E-state index is -0.947. The molecule has 0 aromatic heterocycles. The number of benzene rings is 1. The molecule has 7 heteroatoms. The van der Waals surface area contributed by atoms with Crippen molar-refractivity contribution in [3.63, 3.8) is 0 Å². The van der Waals surface area contributed by atoms with Crippen LogP contribution in [-0.2, 0) is 9.59 Å². The Morgan fingerprint density at radius 1 is 1.35 bits per heavy atom. The zero-order valence-corrected chi connectivity index (χ0v) is 12.8. The van der Waals surface area contributed by atoms with Gasteiger partial charge in [0.15, 0.2) is 11.5 Å². The molecule has 0 radical (unpaired) electrons. The Bertz CT molecular complexity index is 645. The molecule has 1 atom stereocenters. The smallest absolute Gasteiger partial charge is 0.290 e. The number of hydrogen-bond donors (Lipinski definition) is 3. The van der Waals surface area contributed by atoms with Crippen LogP contribution in [0, 0.1) is 5.82 Å². The summed E-state index contributed by atoms with van der Waals surface area (Å²) < 4.78 is 14.1. The Balaban J connectivity index is 2.35. The van der Waals surface area contributed by atoms with Crippen LogP contribution in [0.4, 0.5) is 4.39 Å². The molecule has 0 aliphatic carbocycles. The Hall–Kier alpha value is -2.25. The van der Waals surface area contributed by atoms with E-state index in [0.29, 0.717) is 13.1 Å². The Morgan fingerprint density at radius 3 is 2.65 bits per heavy atom. The SMILES string of the molecule is CC(=O)C1=C(O)C(=O)N(CCNCCO)C1c1ccccc1F. The maximum Gasteiger partial charge on any atom is 0.290 e. The fourth-order valence-corrected chi connectivity index (χ4v) is 2.67. The zero-order valence-electron chi connectivity index (χ0n) is 12.8. The van der Waals surface area contributed by atoms with Crippen LogP contribution in [0.25, 0.3) is 0 Å². The third kappa shape index (κ3) is 3.40. The van der Waals surface area contributed by atoms with Crippen LogP contribution in [0.15, 0.2) is 35.6 Å². The molecule has 3 N–H and O–H groups in total. The minimum Gasteiger partial charge on any atom is -0.503 e. The van der Waals surface area contributed by atoms with E-state index in [9.17, 15) is 19.1 Å². The van der Waals surface area contributed by atoms with Gasteiger partial charge in [0.2, 0.25) is 0 Å². The Morgan fingerprint density at radius 2 is 2.04 bits per heavy atom. The van der Waals surface area contributed by atoms with E-state index in [1.54, 1.807) is 6.07 Å². The molecule has 1 aliphatic heterocycles. The molecule has 1 amide bonds. The summed E-state index contributed by atoms with van der Waals surface area (Å²) in [6.45, 7) is 2.05. The molecule has 1 aliphatic rings. The lowest BCUT2D eigenvalue weighted by molar-refractivity contribution is -0.129. The summed E-state index contributed by atoms with van der Waals surface area (Å²) in [5.41, 5.74) is 0.0690. The van der Waals surface area contributed by atoms with Crippen molar-refractivity contribution in [2.24, 2.45) is 0 Å². The molecule has 0 bridgehead atoms. The van der Waals surface area contributed by atoms with E-state index < -0.39 is 29.3 Å². The highest BCUT2D eigenvalue weighted by Gasteiger charge is 2.42. The predicted octanol–water partition coefficient (Wildman–Crippen LogP) is 0.692. The van der Waals surface area contributed by atoms with Gasteiger partial charge in [0.05, 0.1) is 18.2 Å². The molecule has 0 fully saturated rings. The molecule has 1 heterocycles. The van der Waals surface area contributed by atoms with Gasteiger partial charge in [-0.05, 0) is 13.0 Å². The van der Waals surface area contributed by atoms with Crippen LogP contribution in [0.1, 0.15) is 18.5 Å². The van der Waals surface area contributed by atoms with Gasteiger partial charge in [0.1, 0.15) is 5.82 Å².